The Labute approximate surface area is 121 Å². The van der Waals surface area contributed by atoms with E-state index >= 15 is 0 Å². The Morgan fingerprint density at radius 3 is 2.60 bits per heavy atom. The molecule has 0 saturated carbocycles. The van der Waals surface area contributed by atoms with Crippen LogP contribution in [0.1, 0.15) is 19.8 Å². The second kappa shape index (κ2) is 6.90. The summed E-state index contributed by atoms with van der Waals surface area (Å²) in [7, 11) is -3.10. The third-order valence-electron chi connectivity index (χ3n) is 3.53. The van der Waals surface area contributed by atoms with Crippen molar-refractivity contribution in [3.8, 4) is 0 Å². The van der Waals surface area contributed by atoms with E-state index in [1.54, 1.807) is 19.1 Å². The number of rotatable bonds is 6. The van der Waals surface area contributed by atoms with Crippen LogP contribution >= 0.6 is 0 Å². The van der Waals surface area contributed by atoms with Gasteiger partial charge in [-0.3, -0.25) is 0 Å². The van der Waals surface area contributed by atoms with Crippen molar-refractivity contribution >= 4 is 15.5 Å². The monoisotopic (exact) mass is 294 g/mol. The van der Waals surface area contributed by atoms with E-state index in [4.69, 9.17) is 0 Å². The summed E-state index contributed by atoms with van der Waals surface area (Å²) in [5, 5.41) is 6.63. The Morgan fingerprint density at radius 1 is 1.25 bits per heavy atom. The van der Waals surface area contributed by atoms with Crippen LogP contribution in [0.2, 0.25) is 0 Å². The highest BCUT2D eigenvalue weighted by Crippen LogP contribution is 2.16. The second-order valence-corrected chi connectivity index (χ2v) is 7.20. The van der Waals surface area contributed by atoms with Crippen LogP contribution in [-0.4, -0.2) is 33.8 Å². The molecule has 0 atom stereocenters. The fourth-order valence-corrected chi connectivity index (χ4v) is 3.09. The van der Waals surface area contributed by atoms with Crippen molar-refractivity contribution in [3.63, 3.8) is 0 Å². The van der Waals surface area contributed by atoms with E-state index in [0.29, 0.717) is 4.90 Å². The van der Waals surface area contributed by atoms with Crippen molar-refractivity contribution in [2.24, 2.45) is 0 Å². The Hall–Kier alpha value is -1.33. The molecule has 0 amide bonds. The molecule has 0 aromatic heterocycles. The van der Waals surface area contributed by atoms with Crippen molar-refractivity contribution in [2.75, 3.05) is 30.7 Å². The van der Waals surface area contributed by atoms with Gasteiger partial charge in [0.25, 0.3) is 0 Å². The molecule has 1 aliphatic rings. The first-order chi connectivity index (χ1) is 9.62. The first-order valence-corrected chi connectivity index (χ1v) is 8.72. The normalized spacial score (nSPS) is 15.8. The van der Waals surface area contributed by atoms with Crippen LogP contribution in [0.5, 0.6) is 0 Å². The maximum Gasteiger partial charge on any atom is 0.178 e. The first kappa shape index (κ1) is 15.1. The molecule has 20 heavy (non-hydrogen) atoms. The van der Waals surface area contributed by atoms with Crippen LogP contribution in [0, 0.1) is 0 Å². The van der Waals surface area contributed by atoms with Crippen LogP contribution in [0.25, 0.3) is 0 Å². The van der Waals surface area contributed by atoms with Gasteiger partial charge in [0.1, 0.15) is 0 Å². The number of sulfone groups is 1. The Balaban J connectivity index is 1.86. The molecule has 1 aromatic rings. The molecule has 2 N–H and O–H groups in total. The summed E-state index contributed by atoms with van der Waals surface area (Å²) in [5.41, 5.74) is 2.45. The largest absolute Gasteiger partial charge is 0.385 e. The molecule has 5 heteroatoms. The quantitative estimate of drug-likeness (QED) is 0.790. The molecule has 1 aromatic carbocycles. The molecule has 0 bridgehead atoms. The van der Waals surface area contributed by atoms with Crippen molar-refractivity contribution in [2.45, 2.75) is 24.7 Å². The first-order valence-electron chi connectivity index (χ1n) is 7.07. The van der Waals surface area contributed by atoms with Gasteiger partial charge in [0.2, 0.25) is 0 Å². The van der Waals surface area contributed by atoms with Gasteiger partial charge in [0.15, 0.2) is 9.84 Å². The fourth-order valence-electron chi connectivity index (χ4n) is 2.21. The van der Waals surface area contributed by atoms with Crippen molar-refractivity contribution in [1.29, 1.82) is 0 Å². The third kappa shape index (κ3) is 4.08. The number of hydrogen-bond donors (Lipinski definition) is 2. The van der Waals surface area contributed by atoms with Gasteiger partial charge >= 0.3 is 0 Å². The summed E-state index contributed by atoms with van der Waals surface area (Å²) < 4.78 is 23.4. The van der Waals surface area contributed by atoms with Gasteiger partial charge in [-0.25, -0.2) is 8.42 Å². The smallest absolute Gasteiger partial charge is 0.178 e. The van der Waals surface area contributed by atoms with Crippen LogP contribution in [-0.2, 0) is 9.84 Å². The van der Waals surface area contributed by atoms with E-state index in [1.807, 2.05) is 12.1 Å². The highest BCUT2D eigenvalue weighted by Gasteiger charge is 2.10. The molecule has 0 aliphatic carbocycles. The minimum atomic E-state index is -3.10. The maximum absolute atomic E-state index is 11.7. The lowest BCUT2D eigenvalue weighted by molar-refractivity contribution is 0.597. The minimum Gasteiger partial charge on any atom is -0.385 e. The molecular formula is C15H22N2O2S. The van der Waals surface area contributed by atoms with E-state index < -0.39 is 9.84 Å². The van der Waals surface area contributed by atoms with Gasteiger partial charge < -0.3 is 10.6 Å². The molecular weight excluding hydrogens is 272 g/mol. The lowest BCUT2D eigenvalue weighted by atomic mass is 10.1. The highest BCUT2D eigenvalue weighted by molar-refractivity contribution is 7.91. The topological polar surface area (TPSA) is 58.2 Å². The SMILES string of the molecule is CCS(=O)(=O)c1ccc(NCCC2=CCNCC2)cc1. The summed E-state index contributed by atoms with van der Waals surface area (Å²) in [6.45, 7) is 4.58. The lowest BCUT2D eigenvalue weighted by Crippen LogP contribution is -2.21. The van der Waals surface area contributed by atoms with Gasteiger partial charge in [-0.05, 0) is 43.7 Å². The molecule has 110 valence electrons. The van der Waals surface area contributed by atoms with Crippen LogP contribution in [0.15, 0.2) is 40.8 Å². The van der Waals surface area contributed by atoms with Gasteiger partial charge in [0.05, 0.1) is 10.6 Å². The van der Waals surface area contributed by atoms with Crippen molar-refractivity contribution < 1.29 is 8.42 Å². The predicted octanol–water partition coefficient (Wildman–Crippen LogP) is 2.20. The number of nitrogens with one attached hydrogen (secondary N) is 2. The molecule has 4 nitrogen and oxygen atoms in total. The number of benzene rings is 1. The lowest BCUT2D eigenvalue weighted by Gasteiger charge is -2.14. The van der Waals surface area contributed by atoms with Gasteiger partial charge in [-0.2, -0.15) is 0 Å². The molecule has 0 radical (unpaired) electrons. The average molecular weight is 294 g/mol. The van der Waals surface area contributed by atoms with E-state index in [-0.39, 0.29) is 5.75 Å². The predicted molar refractivity (Wildman–Crippen MR) is 82.8 cm³/mol. The third-order valence-corrected chi connectivity index (χ3v) is 5.28. The van der Waals surface area contributed by atoms with Crippen LogP contribution < -0.4 is 10.6 Å². The molecule has 0 unspecified atom stereocenters. The zero-order valence-electron chi connectivity index (χ0n) is 11.9. The summed E-state index contributed by atoms with van der Waals surface area (Å²) >= 11 is 0. The Morgan fingerprint density at radius 2 is 2.00 bits per heavy atom. The summed E-state index contributed by atoms with van der Waals surface area (Å²) in [6, 6.07) is 7.01. The molecule has 1 aliphatic heterocycles. The van der Waals surface area contributed by atoms with E-state index in [1.165, 1.54) is 5.57 Å². The number of anilines is 1. The minimum absolute atomic E-state index is 0.141. The second-order valence-electron chi connectivity index (χ2n) is 4.92. The summed E-state index contributed by atoms with van der Waals surface area (Å²) in [6.07, 6.45) is 4.41. The van der Waals surface area contributed by atoms with E-state index in [0.717, 1.165) is 38.2 Å². The van der Waals surface area contributed by atoms with Gasteiger partial charge in [0, 0.05) is 18.8 Å². The maximum atomic E-state index is 11.7. The Bertz CT molecular complexity index is 562. The van der Waals surface area contributed by atoms with Crippen molar-refractivity contribution in [1.82, 2.24) is 5.32 Å². The Kier molecular flexibility index (Phi) is 5.20. The van der Waals surface area contributed by atoms with E-state index in [9.17, 15) is 8.42 Å². The fraction of sp³-hybridized carbons (Fsp3) is 0.467. The molecule has 0 saturated heterocycles. The van der Waals surface area contributed by atoms with Gasteiger partial charge in [-0.1, -0.05) is 18.6 Å². The van der Waals surface area contributed by atoms with Crippen LogP contribution in [0.4, 0.5) is 5.69 Å². The van der Waals surface area contributed by atoms with E-state index in [2.05, 4.69) is 16.7 Å². The molecule has 0 fully saturated rings. The average Bonchev–Trinajstić information content (AvgIpc) is 2.49. The molecule has 0 spiro atoms. The number of hydrogen-bond acceptors (Lipinski definition) is 4. The standard InChI is InChI=1S/C15H22N2O2S/c1-2-20(18,19)15-5-3-14(4-6-15)17-12-9-13-7-10-16-11-8-13/h3-7,16-17H,2,8-12H2,1H3. The zero-order valence-corrected chi connectivity index (χ0v) is 12.7. The molecule has 1 heterocycles. The van der Waals surface area contributed by atoms with Crippen molar-refractivity contribution in [3.05, 3.63) is 35.9 Å². The summed E-state index contributed by atoms with van der Waals surface area (Å²) in [5.74, 6) is 0.141. The van der Waals surface area contributed by atoms with Crippen LogP contribution in [0.3, 0.4) is 0 Å². The van der Waals surface area contributed by atoms with Gasteiger partial charge in [-0.15, -0.1) is 0 Å². The zero-order chi connectivity index (χ0) is 14.4. The highest BCUT2D eigenvalue weighted by atomic mass is 32.2. The molecule has 2 rings (SSSR count). The summed E-state index contributed by atoms with van der Waals surface area (Å²) in [4.78, 5) is 0.395.